The van der Waals surface area contributed by atoms with Crippen molar-refractivity contribution in [3.63, 3.8) is 0 Å². The van der Waals surface area contributed by atoms with Gasteiger partial charge < -0.3 is 4.98 Å². The number of halogens is 1. The number of H-pyrrole nitrogens is 1. The Hall–Kier alpha value is -2.13. The maximum absolute atomic E-state index is 12.0. The van der Waals surface area contributed by atoms with Crippen LogP contribution >= 0.6 is 11.6 Å². The smallest absolute Gasteiger partial charge is 0.270 e. The standard InChI is InChI=1S/C9H7ClN4O4S/c10-7-2-1-6(14(15)16)5-8(7)19(17,18)13-9-11-3-4-12-9/h1-5H,(H2,11,12,13). The molecule has 19 heavy (non-hydrogen) atoms. The molecule has 2 N–H and O–H groups in total. The molecule has 10 heteroatoms. The van der Waals surface area contributed by atoms with Crippen molar-refractivity contribution in [3.05, 3.63) is 45.7 Å². The minimum absolute atomic E-state index is 0.0115. The predicted octanol–water partition coefficient (Wildman–Crippen LogP) is 1.77. The molecule has 0 aliphatic rings. The third-order valence-electron chi connectivity index (χ3n) is 2.14. The second kappa shape index (κ2) is 4.86. The molecule has 0 bridgehead atoms. The van der Waals surface area contributed by atoms with Gasteiger partial charge in [-0.3, -0.25) is 10.1 Å². The molecule has 2 aromatic rings. The van der Waals surface area contributed by atoms with E-state index < -0.39 is 14.9 Å². The van der Waals surface area contributed by atoms with Crippen LogP contribution in [0.3, 0.4) is 0 Å². The number of imidazole rings is 1. The van der Waals surface area contributed by atoms with Crippen LogP contribution in [0, 0.1) is 10.1 Å². The molecular formula is C9H7ClN4O4S. The summed E-state index contributed by atoms with van der Waals surface area (Å²) in [6.07, 6.45) is 2.78. The Morgan fingerprint density at radius 3 is 2.74 bits per heavy atom. The number of hydrogen-bond acceptors (Lipinski definition) is 5. The number of hydrogen-bond donors (Lipinski definition) is 2. The van der Waals surface area contributed by atoms with E-state index in [1.807, 2.05) is 0 Å². The number of rotatable bonds is 4. The van der Waals surface area contributed by atoms with Gasteiger partial charge in [0.25, 0.3) is 15.7 Å². The first-order valence-corrected chi connectivity index (χ1v) is 6.72. The SMILES string of the molecule is O=[N+]([O-])c1ccc(Cl)c(S(=O)(=O)Nc2ncc[nH]2)c1. The van der Waals surface area contributed by atoms with Gasteiger partial charge in [-0.1, -0.05) is 11.6 Å². The first-order valence-electron chi connectivity index (χ1n) is 4.86. The lowest BCUT2D eigenvalue weighted by Crippen LogP contribution is -2.14. The summed E-state index contributed by atoms with van der Waals surface area (Å²) >= 11 is 5.75. The fraction of sp³-hybridized carbons (Fsp3) is 0. The van der Waals surface area contributed by atoms with E-state index in [1.165, 1.54) is 12.4 Å². The Kier molecular flexibility index (Phi) is 3.40. The van der Waals surface area contributed by atoms with E-state index in [4.69, 9.17) is 11.6 Å². The third kappa shape index (κ3) is 2.83. The van der Waals surface area contributed by atoms with Crippen LogP contribution in [0.1, 0.15) is 0 Å². The Bertz CT molecular complexity index is 714. The van der Waals surface area contributed by atoms with Crippen molar-refractivity contribution in [2.45, 2.75) is 4.90 Å². The van der Waals surface area contributed by atoms with Crippen LogP contribution in [0.5, 0.6) is 0 Å². The van der Waals surface area contributed by atoms with Gasteiger partial charge in [-0.15, -0.1) is 0 Å². The van der Waals surface area contributed by atoms with Crippen molar-refractivity contribution < 1.29 is 13.3 Å². The van der Waals surface area contributed by atoms with E-state index >= 15 is 0 Å². The van der Waals surface area contributed by atoms with Crippen LogP contribution in [0.4, 0.5) is 11.6 Å². The van der Waals surface area contributed by atoms with Crippen molar-refractivity contribution >= 4 is 33.3 Å². The van der Waals surface area contributed by atoms with Crippen LogP contribution < -0.4 is 4.72 Å². The summed E-state index contributed by atoms with van der Waals surface area (Å²) in [5.74, 6) is -0.0115. The molecule has 0 radical (unpaired) electrons. The molecule has 0 amide bonds. The summed E-state index contributed by atoms with van der Waals surface area (Å²) in [5, 5.41) is 10.5. The lowest BCUT2D eigenvalue weighted by atomic mass is 10.3. The predicted molar refractivity (Wildman–Crippen MR) is 67.5 cm³/mol. The molecule has 8 nitrogen and oxygen atoms in total. The number of benzene rings is 1. The van der Waals surface area contributed by atoms with Crippen molar-refractivity contribution in [1.82, 2.24) is 9.97 Å². The molecule has 100 valence electrons. The maximum atomic E-state index is 12.0. The largest absolute Gasteiger partial charge is 0.330 e. The zero-order chi connectivity index (χ0) is 14.0. The number of anilines is 1. The second-order valence-electron chi connectivity index (χ2n) is 3.42. The zero-order valence-corrected chi connectivity index (χ0v) is 10.8. The highest BCUT2D eigenvalue weighted by molar-refractivity contribution is 7.92. The van der Waals surface area contributed by atoms with Crippen molar-refractivity contribution in [2.24, 2.45) is 0 Å². The van der Waals surface area contributed by atoms with Gasteiger partial charge in [0.2, 0.25) is 5.95 Å². The zero-order valence-electron chi connectivity index (χ0n) is 9.20. The molecule has 0 fully saturated rings. The van der Waals surface area contributed by atoms with Gasteiger partial charge in [-0.25, -0.2) is 18.1 Å². The molecule has 0 saturated carbocycles. The normalized spacial score (nSPS) is 11.2. The molecule has 0 aliphatic carbocycles. The summed E-state index contributed by atoms with van der Waals surface area (Å²) in [7, 11) is -4.05. The molecule has 0 unspecified atom stereocenters. The number of aromatic nitrogens is 2. The van der Waals surface area contributed by atoms with E-state index in [0.29, 0.717) is 0 Å². The van der Waals surface area contributed by atoms with Gasteiger partial charge in [-0.05, 0) is 6.07 Å². The molecule has 0 aliphatic heterocycles. The number of sulfonamides is 1. The third-order valence-corrected chi connectivity index (χ3v) is 3.96. The van der Waals surface area contributed by atoms with Crippen molar-refractivity contribution in [1.29, 1.82) is 0 Å². The molecule has 0 atom stereocenters. The lowest BCUT2D eigenvalue weighted by Gasteiger charge is -2.06. The summed E-state index contributed by atoms with van der Waals surface area (Å²) in [5.41, 5.74) is -0.371. The van der Waals surface area contributed by atoms with Gasteiger partial charge in [-0.2, -0.15) is 0 Å². The summed E-state index contributed by atoms with van der Waals surface area (Å²) in [6.45, 7) is 0. The number of nitrogens with zero attached hydrogens (tertiary/aromatic N) is 2. The van der Waals surface area contributed by atoms with Gasteiger partial charge in [0.1, 0.15) is 4.90 Å². The Labute approximate surface area is 112 Å². The van der Waals surface area contributed by atoms with Crippen LogP contribution in [0.25, 0.3) is 0 Å². The van der Waals surface area contributed by atoms with Crippen LogP contribution in [-0.2, 0) is 10.0 Å². The first-order chi connectivity index (χ1) is 8.90. The van der Waals surface area contributed by atoms with Crippen molar-refractivity contribution in [3.8, 4) is 0 Å². The molecular weight excluding hydrogens is 296 g/mol. The highest BCUT2D eigenvalue weighted by Crippen LogP contribution is 2.27. The lowest BCUT2D eigenvalue weighted by molar-refractivity contribution is -0.385. The van der Waals surface area contributed by atoms with Gasteiger partial charge in [0.05, 0.1) is 9.95 Å². The van der Waals surface area contributed by atoms with Crippen LogP contribution in [0.15, 0.2) is 35.5 Å². The van der Waals surface area contributed by atoms with E-state index in [0.717, 1.165) is 18.2 Å². The molecule has 1 aromatic heterocycles. The molecule has 1 aromatic carbocycles. The molecule has 1 heterocycles. The fourth-order valence-electron chi connectivity index (χ4n) is 1.31. The highest BCUT2D eigenvalue weighted by Gasteiger charge is 2.22. The van der Waals surface area contributed by atoms with Gasteiger partial charge >= 0.3 is 0 Å². The van der Waals surface area contributed by atoms with E-state index in [-0.39, 0.29) is 21.6 Å². The number of aromatic amines is 1. The number of nitro benzene ring substituents is 1. The maximum Gasteiger partial charge on any atom is 0.270 e. The highest BCUT2D eigenvalue weighted by atomic mass is 35.5. The Morgan fingerprint density at radius 1 is 1.42 bits per heavy atom. The van der Waals surface area contributed by atoms with Crippen LogP contribution in [-0.4, -0.2) is 23.3 Å². The van der Waals surface area contributed by atoms with E-state index in [9.17, 15) is 18.5 Å². The summed E-state index contributed by atoms with van der Waals surface area (Å²) < 4.78 is 26.2. The average Bonchev–Trinajstić information content (AvgIpc) is 2.81. The Balaban J connectivity index is 2.45. The Morgan fingerprint density at radius 2 is 2.16 bits per heavy atom. The summed E-state index contributed by atoms with van der Waals surface area (Å²) in [6, 6.07) is 3.15. The van der Waals surface area contributed by atoms with Gasteiger partial charge in [0.15, 0.2) is 0 Å². The van der Waals surface area contributed by atoms with E-state index in [2.05, 4.69) is 14.7 Å². The topological polar surface area (TPSA) is 118 Å². The van der Waals surface area contributed by atoms with E-state index in [1.54, 1.807) is 0 Å². The van der Waals surface area contributed by atoms with Crippen molar-refractivity contribution in [2.75, 3.05) is 4.72 Å². The van der Waals surface area contributed by atoms with Gasteiger partial charge in [0, 0.05) is 24.5 Å². The number of non-ortho nitro benzene ring substituents is 1. The molecule has 2 rings (SSSR count). The minimum atomic E-state index is -4.05. The fourth-order valence-corrected chi connectivity index (χ4v) is 2.81. The van der Waals surface area contributed by atoms with Crippen LogP contribution in [0.2, 0.25) is 5.02 Å². The number of nitro groups is 1. The summed E-state index contributed by atoms with van der Waals surface area (Å²) in [4.78, 5) is 15.8. The average molecular weight is 303 g/mol. The minimum Gasteiger partial charge on any atom is -0.330 e. The second-order valence-corrected chi connectivity index (χ2v) is 5.47. The molecule has 0 saturated heterocycles. The monoisotopic (exact) mass is 302 g/mol. The first kappa shape index (κ1) is 13.3. The quantitative estimate of drug-likeness (QED) is 0.659. The number of nitrogens with one attached hydrogen (secondary N) is 2. The molecule has 0 spiro atoms.